The number of rotatable bonds is 32. The number of benzene rings is 3. The molecule has 2 aliphatic rings. The number of carbonyl (C=O) groups is 9. The molecule has 0 aliphatic carbocycles. The summed E-state index contributed by atoms with van der Waals surface area (Å²) in [5, 5.41) is 0. The first-order chi connectivity index (χ1) is 44.7. The molecule has 4 amide bonds. The van der Waals surface area contributed by atoms with Gasteiger partial charge >= 0.3 is 35.9 Å². The third-order valence-electron chi connectivity index (χ3n) is 16.8. The number of carbonyl (C=O) groups excluding carboxylic acids is 9. The first-order valence-corrected chi connectivity index (χ1v) is 33.6. The summed E-state index contributed by atoms with van der Waals surface area (Å²) in [4.78, 5) is 136. The average molecular weight is 1330 g/mol. The minimum absolute atomic E-state index is 0.0461. The maximum atomic E-state index is 15.1. The van der Waals surface area contributed by atoms with Gasteiger partial charge in [0.05, 0.1) is 13.2 Å². The molecule has 22 nitrogen and oxygen atoms in total. The van der Waals surface area contributed by atoms with Crippen molar-refractivity contribution in [2.24, 2.45) is 23.7 Å². The minimum Gasteiger partial charge on any atom is -0.458 e. The Balaban J connectivity index is 1.41. The van der Waals surface area contributed by atoms with Crippen molar-refractivity contribution in [2.75, 3.05) is 72.6 Å². The molecule has 8 atom stereocenters. The summed E-state index contributed by atoms with van der Waals surface area (Å²) in [5.74, 6) is -7.08. The number of morpholine rings is 1. The SMILES string of the molecule is CC(C)C[C@@H](C(=O)O[C@H](Cc1ccc(C2CCOCC2)cc1)C(=O)N(C)[C@@H](CC(C)C)C(=O)O[C@H](C)C(=O)N(C)[C@@H](CC(C)C)C(=O)O[C@H](Cc1ccc(N2CCOCC2)cc1)C(=O)N(C)[C@@H](CC(C)C)C(=O)O[C@H](C)C(=O)OCc1ccccc1)N(C)C(=O)OC(C)(C)C. The van der Waals surface area contributed by atoms with Crippen LogP contribution in [0.4, 0.5) is 10.5 Å². The molecule has 2 saturated heterocycles. The van der Waals surface area contributed by atoms with Crippen molar-refractivity contribution in [1.82, 2.24) is 19.6 Å². The summed E-state index contributed by atoms with van der Waals surface area (Å²) in [6.45, 7) is 26.5. The fraction of sp³-hybridized carbons (Fsp3) is 0.630. The van der Waals surface area contributed by atoms with Crippen LogP contribution in [0, 0.1) is 23.7 Å². The molecule has 0 N–H and O–H groups in total. The molecule has 0 saturated carbocycles. The van der Waals surface area contributed by atoms with Crippen molar-refractivity contribution in [3.8, 4) is 0 Å². The summed E-state index contributed by atoms with van der Waals surface area (Å²) in [6, 6.07) is 19.2. The highest BCUT2D eigenvalue weighted by molar-refractivity contribution is 5.93. The van der Waals surface area contributed by atoms with E-state index >= 15 is 9.59 Å². The summed E-state index contributed by atoms with van der Waals surface area (Å²) >= 11 is 0. The zero-order chi connectivity index (χ0) is 70.4. The average Bonchev–Trinajstić information content (AvgIpc) is 1.03. The molecular weight excluding hydrogens is 1220 g/mol. The van der Waals surface area contributed by atoms with Gasteiger partial charge in [0.2, 0.25) is 0 Å². The quantitative estimate of drug-likeness (QED) is 0.0417. The Labute approximate surface area is 563 Å². The Morgan fingerprint density at radius 3 is 1.28 bits per heavy atom. The summed E-state index contributed by atoms with van der Waals surface area (Å²) in [5.41, 5.74) is 3.18. The van der Waals surface area contributed by atoms with Crippen molar-refractivity contribution in [3.05, 3.63) is 101 Å². The van der Waals surface area contributed by atoms with Crippen LogP contribution in [-0.4, -0.2) is 195 Å². The Kier molecular flexibility index (Phi) is 30.5. The number of anilines is 1. The van der Waals surface area contributed by atoms with E-state index in [9.17, 15) is 33.6 Å². The predicted molar refractivity (Wildman–Crippen MR) is 359 cm³/mol. The van der Waals surface area contributed by atoms with Gasteiger partial charge in [0.15, 0.2) is 24.4 Å². The van der Waals surface area contributed by atoms with E-state index in [4.69, 9.17) is 37.9 Å². The lowest BCUT2D eigenvalue weighted by molar-refractivity contribution is -0.175. The van der Waals surface area contributed by atoms with E-state index in [-0.39, 0.29) is 68.8 Å². The molecule has 0 aromatic heterocycles. The Hall–Kier alpha value is -7.59. The van der Waals surface area contributed by atoms with Gasteiger partial charge in [0.25, 0.3) is 17.7 Å². The van der Waals surface area contributed by atoms with Crippen LogP contribution >= 0.6 is 0 Å². The Morgan fingerprint density at radius 1 is 0.463 bits per heavy atom. The zero-order valence-corrected chi connectivity index (χ0v) is 59.3. The number of esters is 5. The molecule has 0 radical (unpaired) electrons. The molecule has 526 valence electrons. The topological polar surface area (TPSA) is 244 Å². The van der Waals surface area contributed by atoms with Crippen molar-refractivity contribution in [1.29, 1.82) is 0 Å². The highest BCUT2D eigenvalue weighted by Crippen LogP contribution is 2.29. The smallest absolute Gasteiger partial charge is 0.410 e. The van der Waals surface area contributed by atoms with Gasteiger partial charge in [-0.3, -0.25) is 19.3 Å². The maximum absolute atomic E-state index is 15.1. The number of ether oxygens (including phenoxy) is 8. The second-order valence-corrected chi connectivity index (χ2v) is 27.9. The fourth-order valence-electron chi connectivity index (χ4n) is 11.4. The molecule has 5 rings (SSSR count). The van der Waals surface area contributed by atoms with Gasteiger partial charge < -0.3 is 57.5 Å². The highest BCUT2D eigenvalue weighted by atomic mass is 16.6. The zero-order valence-electron chi connectivity index (χ0n) is 59.3. The van der Waals surface area contributed by atoms with Crippen molar-refractivity contribution in [3.63, 3.8) is 0 Å². The highest BCUT2D eigenvalue weighted by Gasteiger charge is 2.43. The van der Waals surface area contributed by atoms with Crippen LogP contribution < -0.4 is 4.90 Å². The van der Waals surface area contributed by atoms with Crippen LogP contribution in [0.25, 0.3) is 0 Å². The number of nitrogens with zero attached hydrogens (tertiary/aromatic N) is 5. The molecule has 0 spiro atoms. The van der Waals surface area contributed by atoms with Crippen LogP contribution in [0.15, 0.2) is 78.9 Å². The minimum atomic E-state index is -1.55. The third-order valence-corrected chi connectivity index (χ3v) is 16.8. The first-order valence-electron chi connectivity index (χ1n) is 33.6. The Morgan fingerprint density at radius 2 is 0.853 bits per heavy atom. The maximum Gasteiger partial charge on any atom is 0.410 e. The lowest BCUT2D eigenvalue weighted by Crippen LogP contribution is -2.54. The van der Waals surface area contributed by atoms with Gasteiger partial charge in [-0.1, -0.05) is 122 Å². The molecule has 0 bridgehead atoms. The molecule has 22 heteroatoms. The second kappa shape index (κ2) is 37.1. The summed E-state index contributed by atoms with van der Waals surface area (Å²) in [7, 11) is 5.63. The van der Waals surface area contributed by atoms with Gasteiger partial charge in [-0.25, -0.2) is 28.8 Å². The lowest BCUT2D eigenvalue weighted by atomic mass is 9.90. The number of hydrogen-bond donors (Lipinski definition) is 0. The van der Waals surface area contributed by atoms with Crippen LogP contribution in [0.5, 0.6) is 0 Å². The van der Waals surface area contributed by atoms with Crippen LogP contribution in [0.2, 0.25) is 0 Å². The van der Waals surface area contributed by atoms with Crippen molar-refractivity contribution < 1.29 is 81.0 Å². The molecule has 2 fully saturated rings. The van der Waals surface area contributed by atoms with Gasteiger partial charge in [0.1, 0.15) is 36.4 Å². The molecule has 95 heavy (non-hydrogen) atoms. The summed E-state index contributed by atoms with van der Waals surface area (Å²) in [6.07, 6.45) is -4.79. The molecule has 3 aromatic rings. The van der Waals surface area contributed by atoms with E-state index in [1.165, 1.54) is 56.7 Å². The van der Waals surface area contributed by atoms with Gasteiger partial charge in [-0.2, -0.15) is 0 Å². The molecule has 0 unspecified atom stereocenters. The molecular formula is C73H107N5O17. The standard InChI is InChI=1S/C73H107N5O17/c1-46(2)39-58(75(15)65(80)62(43-52-23-27-55(28-24-52)56-31-35-88-36-32-56)94-71(86)61(42-49(7)8)77(17)72(87)95-73(11,12)13)68(83)91-50(9)64(79)74(14)60(41-48(5)6)70(85)93-63(44-53-25-29-57(30-26-53)78-33-37-89-38-34-78)66(81)76(16)59(40-47(3)4)69(84)92-51(10)67(82)90-45-54-21-19-18-20-22-54/h18-30,46-51,56,58-63H,31-45H2,1-17H3/t50-,51-,58+,59+,60+,61+,62-,63-/m1/s1. The van der Waals surface area contributed by atoms with E-state index in [2.05, 4.69) is 4.90 Å². The summed E-state index contributed by atoms with van der Waals surface area (Å²) < 4.78 is 46.3. The molecule has 3 aromatic carbocycles. The number of likely N-dealkylation sites (N-methyl/N-ethyl adjacent to an activating group) is 4. The fourth-order valence-corrected chi connectivity index (χ4v) is 11.4. The monoisotopic (exact) mass is 1330 g/mol. The van der Waals surface area contributed by atoms with E-state index in [0.717, 1.165) is 34.6 Å². The van der Waals surface area contributed by atoms with Crippen LogP contribution in [-0.2, 0) is 95.7 Å². The van der Waals surface area contributed by atoms with E-state index < -0.39 is 108 Å². The first kappa shape index (κ1) is 78.1. The predicted octanol–water partition coefficient (Wildman–Crippen LogP) is 9.53. The number of amides is 4. The van der Waals surface area contributed by atoms with Crippen LogP contribution in [0.1, 0.15) is 157 Å². The molecule has 2 heterocycles. The van der Waals surface area contributed by atoms with Crippen molar-refractivity contribution >= 4 is 59.3 Å². The van der Waals surface area contributed by atoms with Crippen LogP contribution in [0.3, 0.4) is 0 Å². The van der Waals surface area contributed by atoms with E-state index in [0.29, 0.717) is 56.6 Å². The van der Waals surface area contributed by atoms with Gasteiger partial charge in [-0.05, 0) is 137 Å². The van der Waals surface area contributed by atoms with Gasteiger partial charge in [-0.15, -0.1) is 0 Å². The van der Waals surface area contributed by atoms with Crippen molar-refractivity contribution in [2.45, 2.75) is 208 Å². The third kappa shape index (κ3) is 24.5. The largest absolute Gasteiger partial charge is 0.458 e. The number of hydrogen-bond acceptors (Lipinski definition) is 18. The second-order valence-electron chi connectivity index (χ2n) is 27.9. The van der Waals surface area contributed by atoms with Gasteiger partial charge in [0, 0.05) is 73.0 Å². The Bertz CT molecular complexity index is 2970. The normalized spacial score (nSPS) is 16.3. The lowest BCUT2D eigenvalue weighted by Gasteiger charge is -2.34. The van der Waals surface area contributed by atoms with E-state index in [1.807, 2.05) is 110 Å². The van der Waals surface area contributed by atoms with E-state index in [1.54, 1.807) is 45.0 Å². The molecule has 2 aliphatic heterocycles.